The SMILES string of the molecule is CCC(CN(C(=O)c1ccc(NC)c(N)c1)c1ccccn1)C(=O)O. The number of amides is 1. The Balaban J connectivity index is 2.39. The zero-order valence-electron chi connectivity index (χ0n) is 14.3. The first-order valence-electron chi connectivity index (χ1n) is 8.00. The summed E-state index contributed by atoms with van der Waals surface area (Å²) in [4.78, 5) is 30.0. The number of hydrogen-bond donors (Lipinski definition) is 3. The van der Waals surface area contributed by atoms with Crippen molar-refractivity contribution in [3.63, 3.8) is 0 Å². The van der Waals surface area contributed by atoms with Crippen molar-refractivity contribution < 1.29 is 14.7 Å². The lowest BCUT2D eigenvalue weighted by Gasteiger charge is -2.25. The van der Waals surface area contributed by atoms with Crippen molar-refractivity contribution in [2.75, 3.05) is 29.5 Å². The molecule has 0 fully saturated rings. The normalized spacial score (nSPS) is 11.6. The average Bonchev–Trinajstić information content (AvgIpc) is 2.62. The Labute approximate surface area is 146 Å². The molecule has 1 amide bonds. The highest BCUT2D eigenvalue weighted by Gasteiger charge is 2.26. The van der Waals surface area contributed by atoms with Gasteiger partial charge in [0.2, 0.25) is 0 Å². The molecule has 7 heteroatoms. The van der Waals surface area contributed by atoms with E-state index in [1.165, 1.54) is 4.90 Å². The molecule has 132 valence electrons. The van der Waals surface area contributed by atoms with E-state index in [1.54, 1.807) is 56.6 Å². The van der Waals surface area contributed by atoms with Crippen LogP contribution in [-0.4, -0.2) is 35.6 Å². The van der Waals surface area contributed by atoms with E-state index in [1.807, 2.05) is 0 Å². The maximum Gasteiger partial charge on any atom is 0.308 e. The number of carbonyl (C=O) groups is 2. The number of benzene rings is 1. The van der Waals surface area contributed by atoms with Gasteiger partial charge in [-0.1, -0.05) is 13.0 Å². The fourth-order valence-electron chi connectivity index (χ4n) is 2.48. The summed E-state index contributed by atoms with van der Waals surface area (Å²) >= 11 is 0. The summed E-state index contributed by atoms with van der Waals surface area (Å²) in [6.07, 6.45) is 1.97. The van der Waals surface area contributed by atoms with Crippen LogP contribution in [0.4, 0.5) is 17.2 Å². The molecule has 1 unspecified atom stereocenters. The fourth-order valence-corrected chi connectivity index (χ4v) is 2.48. The highest BCUT2D eigenvalue weighted by Crippen LogP contribution is 2.23. The van der Waals surface area contributed by atoms with E-state index in [4.69, 9.17) is 5.73 Å². The molecule has 0 saturated heterocycles. The first kappa shape index (κ1) is 18.3. The fraction of sp³-hybridized carbons (Fsp3) is 0.278. The van der Waals surface area contributed by atoms with Crippen molar-refractivity contribution in [1.82, 2.24) is 4.98 Å². The van der Waals surface area contributed by atoms with E-state index in [-0.39, 0.29) is 12.5 Å². The van der Waals surface area contributed by atoms with Crippen LogP contribution < -0.4 is 16.0 Å². The highest BCUT2D eigenvalue weighted by molar-refractivity contribution is 6.06. The Bertz CT molecular complexity index is 749. The van der Waals surface area contributed by atoms with Crippen LogP contribution >= 0.6 is 0 Å². The second-order valence-electron chi connectivity index (χ2n) is 5.60. The molecule has 0 aliphatic rings. The molecule has 0 bridgehead atoms. The number of anilines is 3. The van der Waals surface area contributed by atoms with Gasteiger partial charge in [0.15, 0.2) is 0 Å². The summed E-state index contributed by atoms with van der Waals surface area (Å²) < 4.78 is 0. The van der Waals surface area contributed by atoms with Crippen LogP contribution in [0, 0.1) is 5.92 Å². The molecule has 2 rings (SSSR count). The molecule has 1 aromatic heterocycles. The van der Waals surface area contributed by atoms with Crippen LogP contribution in [-0.2, 0) is 4.79 Å². The van der Waals surface area contributed by atoms with E-state index in [2.05, 4.69) is 10.3 Å². The van der Waals surface area contributed by atoms with E-state index in [0.29, 0.717) is 23.5 Å². The Morgan fingerprint density at radius 1 is 1.32 bits per heavy atom. The molecular weight excluding hydrogens is 320 g/mol. The van der Waals surface area contributed by atoms with Gasteiger partial charge in [0.25, 0.3) is 5.91 Å². The van der Waals surface area contributed by atoms with Gasteiger partial charge in [0.1, 0.15) is 5.82 Å². The molecule has 0 radical (unpaired) electrons. The average molecular weight is 342 g/mol. The van der Waals surface area contributed by atoms with Crippen LogP contribution in [0.5, 0.6) is 0 Å². The second kappa shape index (κ2) is 8.14. The van der Waals surface area contributed by atoms with Gasteiger partial charge in [-0.05, 0) is 36.8 Å². The van der Waals surface area contributed by atoms with Crippen LogP contribution in [0.15, 0.2) is 42.6 Å². The topological polar surface area (TPSA) is 109 Å². The van der Waals surface area contributed by atoms with Crippen LogP contribution in [0.1, 0.15) is 23.7 Å². The van der Waals surface area contributed by atoms with Gasteiger partial charge in [0, 0.05) is 25.4 Å². The Morgan fingerprint density at radius 2 is 2.08 bits per heavy atom. The lowest BCUT2D eigenvalue weighted by atomic mass is 10.1. The van der Waals surface area contributed by atoms with Crippen LogP contribution in [0.2, 0.25) is 0 Å². The number of nitrogen functional groups attached to an aromatic ring is 1. The number of aromatic nitrogens is 1. The van der Waals surface area contributed by atoms with E-state index >= 15 is 0 Å². The third-order valence-electron chi connectivity index (χ3n) is 3.98. The molecule has 0 saturated carbocycles. The third-order valence-corrected chi connectivity index (χ3v) is 3.98. The first-order chi connectivity index (χ1) is 12.0. The van der Waals surface area contributed by atoms with E-state index in [0.717, 1.165) is 5.69 Å². The smallest absolute Gasteiger partial charge is 0.308 e. The second-order valence-corrected chi connectivity index (χ2v) is 5.60. The number of nitrogens with two attached hydrogens (primary N) is 1. The standard InChI is InChI=1S/C18H22N4O3/c1-3-12(18(24)25)11-22(16-6-4-5-9-21-16)17(23)13-7-8-15(20-2)14(19)10-13/h4-10,12,20H,3,11,19H2,1-2H3,(H,24,25). The minimum absolute atomic E-state index is 0.0371. The monoisotopic (exact) mass is 342 g/mol. The van der Waals surface area contributed by atoms with Gasteiger partial charge in [-0.2, -0.15) is 0 Å². The third kappa shape index (κ3) is 4.26. The summed E-state index contributed by atoms with van der Waals surface area (Å²) in [6, 6.07) is 10.1. The number of nitrogens with one attached hydrogen (secondary N) is 1. The number of nitrogens with zero attached hydrogens (tertiary/aromatic N) is 2. The van der Waals surface area contributed by atoms with Crippen molar-refractivity contribution in [1.29, 1.82) is 0 Å². The molecule has 1 aromatic carbocycles. The Morgan fingerprint density at radius 3 is 2.60 bits per heavy atom. The summed E-state index contributed by atoms with van der Waals surface area (Å²) in [7, 11) is 1.74. The molecule has 0 spiro atoms. The molecular formula is C18H22N4O3. The quantitative estimate of drug-likeness (QED) is 0.667. The maximum atomic E-state index is 13.0. The van der Waals surface area contributed by atoms with Crippen LogP contribution in [0.3, 0.4) is 0 Å². The lowest BCUT2D eigenvalue weighted by molar-refractivity contribution is -0.141. The number of hydrogen-bond acceptors (Lipinski definition) is 5. The van der Waals surface area contributed by atoms with Gasteiger partial charge in [-0.3, -0.25) is 14.5 Å². The zero-order valence-corrected chi connectivity index (χ0v) is 14.3. The Kier molecular flexibility index (Phi) is 5.94. The number of pyridine rings is 1. The minimum atomic E-state index is -0.943. The molecule has 0 aliphatic carbocycles. The lowest BCUT2D eigenvalue weighted by Crippen LogP contribution is -2.38. The van der Waals surface area contributed by atoms with Gasteiger partial charge in [-0.25, -0.2) is 4.98 Å². The van der Waals surface area contributed by atoms with Crippen molar-refractivity contribution in [3.05, 3.63) is 48.2 Å². The highest BCUT2D eigenvalue weighted by atomic mass is 16.4. The number of carbonyl (C=O) groups excluding carboxylic acids is 1. The Hall–Kier alpha value is -3.09. The summed E-state index contributed by atoms with van der Waals surface area (Å²) in [5, 5.41) is 12.3. The van der Waals surface area contributed by atoms with Crippen molar-refractivity contribution in [2.45, 2.75) is 13.3 Å². The summed E-state index contributed by atoms with van der Waals surface area (Å²) in [5.41, 5.74) is 7.48. The number of carboxylic acids is 1. The first-order valence-corrected chi connectivity index (χ1v) is 8.00. The largest absolute Gasteiger partial charge is 0.481 e. The maximum absolute atomic E-state index is 13.0. The number of carboxylic acid groups (broad SMARTS) is 1. The van der Waals surface area contributed by atoms with Gasteiger partial charge in [0.05, 0.1) is 17.3 Å². The molecule has 1 heterocycles. The summed E-state index contributed by atoms with van der Waals surface area (Å²) in [5.74, 6) is -1.56. The minimum Gasteiger partial charge on any atom is -0.481 e. The predicted molar refractivity (Wildman–Crippen MR) is 97.7 cm³/mol. The molecule has 2 aromatic rings. The van der Waals surface area contributed by atoms with E-state index in [9.17, 15) is 14.7 Å². The zero-order chi connectivity index (χ0) is 18.4. The molecule has 4 N–H and O–H groups in total. The van der Waals surface area contributed by atoms with Gasteiger partial charge in [-0.15, -0.1) is 0 Å². The predicted octanol–water partition coefficient (Wildman–Crippen LogP) is 2.46. The van der Waals surface area contributed by atoms with Crippen molar-refractivity contribution in [2.24, 2.45) is 5.92 Å². The van der Waals surface area contributed by atoms with Gasteiger partial charge >= 0.3 is 5.97 Å². The van der Waals surface area contributed by atoms with Crippen molar-refractivity contribution >= 4 is 29.1 Å². The number of aliphatic carboxylic acids is 1. The van der Waals surface area contributed by atoms with Gasteiger partial charge < -0.3 is 16.2 Å². The molecule has 0 aliphatic heterocycles. The van der Waals surface area contributed by atoms with E-state index < -0.39 is 11.9 Å². The van der Waals surface area contributed by atoms with Crippen LogP contribution in [0.25, 0.3) is 0 Å². The molecule has 7 nitrogen and oxygen atoms in total. The molecule has 25 heavy (non-hydrogen) atoms. The molecule has 1 atom stereocenters. The summed E-state index contributed by atoms with van der Waals surface area (Å²) in [6.45, 7) is 1.81. The van der Waals surface area contributed by atoms with Crippen molar-refractivity contribution in [3.8, 4) is 0 Å². The number of rotatable bonds is 7.